The maximum absolute atomic E-state index is 12.3. The molecule has 3 atom stereocenters. The molecule has 0 radical (unpaired) electrons. The molecule has 7 heteroatoms. The summed E-state index contributed by atoms with van der Waals surface area (Å²) in [6.07, 6.45) is 5.94. The van der Waals surface area contributed by atoms with Crippen molar-refractivity contribution >= 4 is 5.91 Å². The monoisotopic (exact) mass is 328 g/mol. The van der Waals surface area contributed by atoms with Crippen molar-refractivity contribution in [3.8, 4) is 5.75 Å². The number of carbonyl (C=O) groups excluding carboxylic acids is 1. The van der Waals surface area contributed by atoms with Crippen LogP contribution in [0.15, 0.2) is 36.8 Å². The molecule has 24 heavy (non-hydrogen) atoms. The van der Waals surface area contributed by atoms with Crippen LogP contribution in [-0.4, -0.2) is 44.2 Å². The highest BCUT2D eigenvalue weighted by atomic mass is 16.5. The first kappa shape index (κ1) is 16.3. The number of nitrogens with zero attached hydrogens (tertiary/aromatic N) is 3. The lowest BCUT2D eigenvalue weighted by atomic mass is 9.89. The minimum absolute atomic E-state index is 0.296. The van der Waals surface area contributed by atoms with Gasteiger partial charge in [0.05, 0.1) is 12.2 Å². The third kappa shape index (κ3) is 3.86. The number of aromatic nitrogens is 3. The van der Waals surface area contributed by atoms with Gasteiger partial charge < -0.3 is 15.2 Å². The van der Waals surface area contributed by atoms with Gasteiger partial charge in [-0.3, -0.25) is 9.78 Å². The highest BCUT2D eigenvalue weighted by Gasteiger charge is 2.34. The molecular weight excluding hydrogens is 308 g/mol. The second-order valence-corrected chi connectivity index (χ2v) is 5.84. The second kappa shape index (κ2) is 7.35. The number of amides is 1. The van der Waals surface area contributed by atoms with Gasteiger partial charge in [0.1, 0.15) is 29.5 Å². The molecule has 0 bridgehead atoms. The van der Waals surface area contributed by atoms with Crippen molar-refractivity contribution in [1.29, 1.82) is 0 Å². The van der Waals surface area contributed by atoms with Gasteiger partial charge in [0.2, 0.25) is 0 Å². The number of hydrogen-bond donors (Lipinski definition) is 2. The first-order chi connectivity index (χ1) is 11.6. The van der Waals surface area contributed by atoms with Gasteiger partial charge in [-0.15, -0.1) is 0 Å². The van der Waals surface area contributed by atoms with E-state index < -0.39 is 6.10 Å². The minimum atomic E-state index is -0.786. The summed E-state index contributed by atoms with van der Waals surface area (Å²) in [5, 5.41) is 13.4. The van der Waals surface area contributed by atoms with Gasteiger partial charge in [-0.05, 0) is 44.4 Å². The number of nitrogens with one attached hydrogen (secondary N) is 1. The van der Waals surface area contributed by atoms with Crippen molar-refractivity contribution in [3.63, 3.8) is 0 Å². The van der Waals surface area contributed by atoms with Crippen LogP contribution in [0, 0.1) is 6.92 Å². The summed E-state index contributed by atoms with van der Waals surface area (Å²) in [6.45, 7) is 1.73. The number of aryl methyl sites for hydroxylation is 1. The van der Waals surface area contributed by atoms with Crippen LogP contribution >= 0.6 is 0 Å². The third-order valence-electron chi connectivity index (χ3n) is 4.04. The summed E-state index contributed by atoms with van der Waals surface area (Å²) in [4.78, 5) is 24.4. The van der Waals surface area contributed by atoms with Crippen molar-refractivity contribution in [3.05, 3.63) is 48.3 Å². The quantitative estimate of drug-likeness (QED) is 0.877. The van der Waals surface area contributed by atoms with Crippen LogP contribution in [-0.2, 0) is 0 Å². The first-order valence-electron chi connectivity index (χ1n) is 7.99. The minimum Gasteiger partial charge on any atom is -0.486 e. The molecule has 0 saturated heterocycles. The molecule has 1 amide bonds. The predicted molar refractivity (Wildman–Crippen MR) is 86.5 cm³/mol. The van der Waals surface area contributed by atoms with E-state index in [0.29, 0.717) is 23.7 Å². The van der Waals surface area contributed by atoms with Crippen molar-refractivity contribution in [2.24, 2.45) is 0 Å². The molecule has 2 heterocycles. The number of aliphatic hydroxyl groups is 1. The molecule has 126 valence electrons. The number of rotatable bonds is 4. The van der Waals surface area contributed by atoms with Crippen LogP contribution in [0.5, 0.6) is 5.75 Å². The maximum atomic E-state index is 12.3. The van der Waals surface area contributed by atoms with E-state index in [2.05, 4.69) is 20.3 Å². The van der Waals surface area contributed by atoms with Crippen molar-refractivity contribution < 1.29 is 14.6 Å². The van der Waals surface area contributed by atoms with Gasteiger partial charge in [-0.1, -0.05) is 0 Å². The largest absolute Gasteiger partial charge is 0.486 e. The lowest BCUT2D eigenvalue weighted by Gasteiger charge is -2.35. The average Bonchev–Trinajstić information content (AvgIpc) is 2.59. The smallest absolute Gasteiger partial charge is 0.270 e. The molecule has 1 fully saturated rings. The molecule has 1 saturated carbocycles. The average molecular weight is 328 g/mol. The van der Waals surface area contributed by atoms with E-state index in [1.54, 1.807) is 43.7 Å². The van der Waals surface area contributed by atoms with Gasteiger partial charge in [0.25, 0.3) is 5.91 Å². The van der Waals surface area contributed by atoms with Crippen LogP contribution in [0.25, 0.3) is 0 Å². The summed E-state index contributed by atoms with van der Waals surface area (Å²) in [5.41, 5.74) is 0.296. The molecule has 2 N–H and O–H groups in total. The number of hydrogen-bond acceptors (Lipinski definition) is 6. The number of pyridine rings is 1. The Labute approximate surface area is 140 Å². The van der Waals surface area contributed by atoms with Gasteiger partial charge in [-0.2, -0.15) is 0 Å². The van der Waals surface area contributed by atoms with Crippen molar-refractivity contribution in [1.82, 2.24) is 20.3 Å². The Morgan fingerprint density at radius 1 is 1.33 bits per heavy atom. The van der Waals surface area contributed by atoms with Crippen molar-refractivity contribution in [2.45, 2.75) is 44.4 Å². The zero-order chi connectivity index (χ0) is 16.9. The van der Waals surface area contributed by atoms with E-state index in [9.17, 15) is 9.90 Å². The van der Waals surface area contributed by atoms with E-state index in [1.807, 2.05) is 0 Å². The normalized spacial score (nSPS) is 23.5. The molecule has 3 rings (SSSR count). The van der Waals surface area contributed by atoms with E-state index >= 15 is 0 Å². The first-order valence-corrected chi connectivity index (χ1v) is 7.99. The Kier molecular flexibility index (Phi) is 5.00. The molecule has 1 aliphatic rings. The van der Waals surface area contributed by atoms with E-state index in [1.165, 1.54) is 0 Å². The molecule has 7 nitrogen and oxygen atoms in total. The Bertz CT molecular complexity index is 695. The second-order valence-electron chi connectivity index (χ2n) is 5.84. The Morgan fingerprint density at radius 2 is 2.21 bits per heavy atom. The van der Waals surface area contributed by atoms with Crippen molar-refractivity contribution in [2.75, 3.05) is 0 Å². The summed E-state index contributed by atoms with van der Waals surface area (Å²) < 4.78 is 5.81. The molecule has 1 aliphatic carbocycles. The predicted octanol–water partition coefficient (Wildman–Crippen LogP) is 1.27. The van der Waals surface area contributed by atoms with Crippen LogP contribution in [0.2, 0.25) is 0 Å². The fraction of sp³-hybridized carbons (Fsp3) is 0.412. The summed E-state index contributed by atoms with van der Waals surface area (Å²) in [6, 6.07) is 4.76. The zero-order valence-corrected chi connectivity index (χ0v) is 13.4. The molecular formula is C17H20N4O3. The highest BCUT2D eigenvalue weighted by molar-refractivity contribution is 5.92. The van der Waals surface area contributed by atoms with Gasteiger partial charge in [0, 0.05) is 12.4 Å². The van der Waals surface area contributed by atoms with Crippen LogP contribution in [0.4, 0.5) is 0 Å². The van der Waals surface area contributed by atoms with Crippen LogP contribution < -0.4 is 10.1 Å². The lowest BCUT2D eigenvalue weighted by molar-refractivity contribution is -0.0142. The number of carbonyl (C=O) groups is 1. The Hall–Kier alpha value is -2.54. The maximum Gasteiger partial charge on any atom is 0.270 e. The van der Waals surface area contributed by atoms with Gasteiger partial charge >= 0.3 is 0 Å². The molecule has 0 aromatic carbocycles. The molecule has 0 aliphatic heterocycles. The fourth-order valence-electron chi connectivity index (χ4n) is 2.84. The fourth-order valence-corrected chi connectivity index (χ4v) is 2.84. The molecule has 2 aromatic heterocycles. The number of ether oxygens (including phenoxy) is 1. The summed E-state index contributed by atoms with van der Waals surface area (Å²) >= 11 is 0. The third-order valence-corrected chi connectivity index (χ3v) is 4.04. The molecule has 2 aromatic rings. The summed E-state index contributed by atoms with van der Waals surface area (Å²) in [5.74, 6) is 0.830. The number of aliphatic hydroxyl groups excluding tert-OH is 1. The van der Waals surface area contributed by atoms with Crippen LogP contribution in [0.1, 0.15) is 35.6 Å². The zero-order valence-electron chi connectivity index (χ0n) is 13.4. The summed E-state index contributed by atoms with van der Waals surface area (Å²) in [7, 11) is 0. The Morgan fingerprint density at radius 3 is 2.96 bits per heavy atom. The molecule has 0 unspecified atom stereocenters. The SMILES string of the molecule is Cc1nccc(C(=O)N[C@@H]2CCC[C@@H](Oc3cccnc3)[C@@H]2O)n1. The lowest BCUT2D eigenvalue weighted by Crippen LogP contribution is -2.52. The van der Waals surface area contributed by atoms with Crippen LogP contribution in [0.3, 0.4) is 0 Å². The van der Waals surface area contributed by atoms with Gasteiger partial charge in [0.15, 0.2) is 0 Å². The van der Waals surface area contributed by atoms with Gasteiger partial charge in [-0.25, -0.2) is 9.97 Å². The molecule has 0 spiro atoms. The Balaban J connectivity index is 1.64. The van der Waals surface area contributed by atoms with E-state index in [0.717, 1.165) is 12.8 Å². The standard InChI is InChI=1S/C17H20N4O3/c1-11-19-9-7-14(20-11)17(23)21-13-5-2-6-15(16(13)22)24-12-4-3-8-18-10-12/h3-4,7-10,13,15-16,22H,2,5-6H2,1H3,(H,21,23)/t13-,15-,16-/m1/s1. The van der Waals surface area contributed by atoms with E-state index in [4.69, 9.17) is 4.74 Å². The highest BCUT2D eigenvalue weighted by Crippen LogP contribution is 2.24. The topological polar surface area (TPSA) is 97.2 Å². The van der Waals surface area contributed by atoms with E-state index in [-0.39, 0.29) is 18.1 Å².